The van der Waals surface area contributed by atoms with Crippen LogP contribution < -0.4 is 29.6 Å². The summed E-state index contributed by atoms with van der Waals surface area (Å²) in [7, 11) is -7.23. The van der Waals surface area contributed by atoms with Gasteiger partial charge in [-0.3, -0.25) is 4.79 Å². The Morgan fingerprint density at radius 2 is 1.31 bits per heavy atom. The fourth-order valence-corrected chi connectivity index (χ4v) is 1.70. The van der Waals surface area contributed by atoms with Crippen LogP contribution in [0.1, 0.15) is 15.9 Å². The first kappa shape index (κ1) is 25.2. The summed E-state index contributed by atoms with van der Waals surface area (Å²) < 4.78 is 137. The average Bonchev–Trinajstić information content (AvgIpc) is 2.44. The Bertz CT molecular complexity index is 750. The quantitative estimate of drug-likeness (QED) is 0.265. The van der Waals surface area contributed by atoms with E-state index < -0.39 is 39.1 Å². The summed E-state index contributed by atoms with van der Waals surface area (Å²) in [5, 5.41) is -6.75. The van der Waals surface area contributed by atoms with Crippen LogP contribution in [-0.2, 0) is 20.8 Å². The maximum Gasteiger partial charge on any atom is 1.00 e. The summed E-state index contributed by atoms with van der Waals surface area (Å²) in [5.74, 6) is -5.65. The van der Waals surface area contributed by atoms with Crippen molar-refractivity contribution < 1.29 is 87.2 Å². The van der Waals surface area contributed by atoms with Crippen LogP contribution in [-0.4, -0.2) is 36.7 Å². The van der Waals surface area contributed by atoms with Crippen molar-refractivity contribution in [2.75, 3.05) is 0 Å². The van der Waals surface area contributed by atoms with Crippen LogP contribution in [0.5, 0.6) is 0 Å². The SMILES string of the molecule is O=Cc1ccc(C(F)(F)C(F)(F)OC(F)(F)C(F)(F)S(=O)(=O)[O-])cc1.[Na+]. The number of hydrogen-bond acceptors (Lipinski definition) is 5. The van der Waals surface area contributed by atoms with Gasteiger partial charge in [-0.1, -0.05) is 24.3 Å². The molecule has 142 valence electrons. The van der Waals surface area contributed by atoms with Crippen LogP contribution in [0.25, 0.3) is 0 Å². The smallest absolute Gasteiger partial charge is 0.743 e. The van der Waals surface area contributed by atoms with E-state index in [-0.39, 0.29) is 53.5 Å². The van der Waals surface area contributed by atoms with Crippen molar-refractivity contribution in [3.63, 3.8) is 0 Å². The number of alkyl halides is 8. The van der Waals surface area contributed by atoms with E-state index in [1.807, 2.05) is 0 Å². The summed E-state index contributed by atoms with van der Waals surface area (Å²) >= 11 is 0. The third-order valence-corrected chi connectivity index (χ3v) is 3.55. The normalized spacial score (nSPS) is 13.9. The zero-order chi connectivity index (χ0) is 19.9. The first-order chi connectivity index (χ1) is 11.0. The molecule has 0 N–H and O–H groups in total. The summed E-state index contributed by atoms with van der Waals surface area (Å²) in [6.07, 6.45) is -13.0. The van der Waals surface area contributed by atoms with Gasteiger partial charge in [0.2, 0.25) is 0 Å². The van der Waals surface area contributed by atoms with E-state index in [9.17, 15) is 52.9 Å². The van der Waals surface area contributed by atoms with Gasteiger partial charge in [0.15, 0.2) is 10.1 Å². The summed E-state index contributed by atoms with van der Waals surface area (Å²) in [6.45, 7) is 0. The Kier molecular flexibility index (Phi) is 7.44. The largest absolute Gasteiger partial charge is 1.00 e. The van der Waals surface area contributed by atoms with Crippen LogP contribution in [0.15, 0.2) is 24.3 Å². The van der Waals surface area contributed by atoms with Gasteiger partial charge in [-0.05, 0) is 0 Å². The van der Waals surface area contributed by atoms with Crippen LogP contribution in [0.3, 0.4) is 0 Å². The molecule has 1 aromatic carbocycles. The van der Waals surface area contributed by atoms with Gasteiger partial charge in [-0.25, -0.2) is 13.2 Å². The van der Waals surface area contributed by atoms with Crippen molar-refractivity contribution in [3.05, 3.63) is 35.4 Å². The molecule has 0 saturated carbocycles. The first-order valence-electron chi connectivity index (χ1n) is 5.72. The van der Waals surface area contributed by atoms with Crippen molar-refractivity contribution in [2.24, 2.45) is 0 Å². The van der Waals surface area contributed by atoms with Crippen LogP contribution in [0.4, 0.5) is 35.1 Å². The minimum atomic E-state index is -7.23. The third kappa shape index (κ3) is 4.54. The number of hydrogen-bond donors (Lipinski definition) is 0. The second kappa shape index (κ2) is 7.67. The number of ether oxygens (including phenoxy) is 1. The second-order valence-corrected chi connectivity index (χ2v) is 5.84. The van der Waals surface area contributed by atoms with E-state index >= 15 is 0 Å². The summed E-state index contributed by atoms with van der Waals surface area (Å²) in [6, 6.07) is 1.56. The van der Waals surface area contributed by atoms with Crippen molar-refractivity contribution in [3.8, 4) is 0 Å². The molecule has 1 rings (SSSR count). The Hall–Kier alpha value is -0.800. The molecule has 0 bridgehead atoms. The van der Waals surface area contributed by atoms with E-state index in [0.717, 1.165) is 0 Å². The van der Waals surface area contributed by atoms with E-state index in [4.69, 9.17) is 0 Å². The first-order valence-corrected chi connectivity index (χ1v) is 7.13. The minimum absolute atomic E-state index is 0. The summed E-state index contributed by atoms with van der Waals surface area (Å²) in [5.41, 5.74) is -1.98. The second-order valence-electron chi connectivity index (χ2n) is 4.42. The van der Waals surface area contributed by atoms with E-state index in [0.29, 0.717) is 12.1 Å². The van der Waals surface area contributed by atoms with Gasteiger partial charge in [0.05, 0.1) is 0 Å². The molecule has 0 radical (unpaired) electrons. The van der Waals surface area contributed by atoms with Gasteiger partial charge in [0.25, 0.3) is 0 Å². The molecule has 1 aromatic rings. The van der Waals surface area contributed by atoms with Gasteiger partial charge in [0.1, 0.15) is 6.29 Å². The average molecular weight is 424 g/mol. The van der Waals surface area contributed by atoms with Crippen LogP contribution >= 0.6 is 0 Å². The molecule has 0 atom stereocenters. The molecule has 0 unspecified atom stereocenters. The Morgan fingerprint density at radius 3 is 1.65 bits per heavy atom. The number of rotatable bonds is 7. The number of carbonyl (C=O) groups excluding carboxylic acids is 1. The molecule has 26 heavy (non-hydrogen) atoms. The zero-order valence-electron chi connectivity index (χ0n) is 12.4. The van der Waals surface area contributed by atoms with Gasteiger partial charge < -0.3 is 4.55 Å². The molecule has 15 heteroatoms. The molecule has 0 saturated heterocycles. The van der Waals surface area contributed by atoms with Gasteiger partial charge in [-0.2, -0.15) is 35.1 Å². The molecule has 0 fully saturated rings. The molecule has 0 aliphatic carbocycles. The van der Waals surface area contributed by atoms with Gasteiger partial charge >= 0.3 is 53.0 Å². The zero-order valence-corrected chi connectivity index (χ0v) is 15.2. The maximum absolute atomic E-state index is 13.6. The fourth-order valence-electron chi connectivity index (χ4n) is 1.37. The number of benzene rings is 1. The Labute approximate surface area is 162 Å². The summed E-state index contributed by atoms with van der Waals surface area (Å²) in [4.78, 5) is 10.3. The Balaban J connectivity index is 0.00000625. The van der Waals surface area contributed by atoms with Crippen molar-refractivity contribution in [1.29, 1.82) is 0 Å². The van der Waals surface area contributed by atoms with Crippen molar-refractivity contribution in [2.45, 2.75) is 23.4 Å². The molecule has 0 heterocycles. The molecule has 0 aromatic heterocycles. The monoisotopic (exact) mass is 424 g/mol. The van der Waals surface area contributed by atoms with Gasteiger partial charge in [0, 0.05) is 11.1 Å². The van der Waals surface area contributed by atoms with Crippen LogP contribution in [0, 0.1) is 0 Å². The maximum atomic E-state index is 13.6. The molecule has 0 aliphatic heterocycles. The molecular weight excluding hydrogens is 419 g/mol. The van der Waals surface area contributed by atoms with Crippen molar-refractivity contribution in [1.82, 2.24) is 0 Å². The predicted octanol–water partition coefficient (Wildman–Crippen LogP) is -0.0649. The molecule has 0 spiro atoms. The minimum Gasteiger partial charge on any atom is -0.743 e. The number of halogens is 8. The molecule has 5 nitrogen and oxygen atoms in total. The number of carbonyl (C=O) groups is 1. The third-order valence-electron chi connectivity index (χ3n) is 2.68. The molecule has 0 amide bonds. The topological polar surface area (TPSA) is 83.5 Å². The number of aldehydes is 1. The van der Waals surface area contributed by atoms with E-state index in [2.05, 4.69) is 4.74 Å². The van der Waals surface area contributed by atoms with E-state index in [1.54, 1.807) is 0 Å². The fraction of sp³-hybridized carbons (Fsp3) is 0.364. The van der Waals surface area contributed by atoms with Crippen molar-refractivity contribution >= 4 is 16.4 Å². The molecular formula is C11H5F8NaO5S. The van der Waals surface area contributed by atoms with Crippen LogP contribution in [0.2, 0.25) is 0 Å². The molecule has 0 aliphatic rings. The predicted molar refractivity (Wildman–Crippen MR) is 61.3 cm³/mol. The van der Waals surface area contributed by atoms with E-state index in [1.165, 1.54) is 0 Å². The Morgan fingerprint density at radius 1 is 0.885 bits per heavy atom. The standard InChI is InChI=1S/C11H6F8O5S.Na/c12-8(13,7-3-1-6(5-20)2-4-7)9(14,15)24-10(16,17)11(18,19)25(21,22)23;/h1-5H,(H,21,22,23);/q;+1/p-1. The van der Waals surface area contributed by atoms with Gasteiger partial charge in [-0.15, -0.1) is 0 Å².